The van der Waals surface area contributed by atoms with E-state index in [9.17, 15) is 14.7 Å². The molecule has 0 fully saturated rings. The van der Waals surface area contributed by atoms with Crippen molar-refractivity contribution in [1.29, 1.82) is 0 Å². The Labute approximate surface area is 145 Å². The molecule has 0 amide bonds. The number of fused-ring (bicyclic) bond motifs is 1. The number of carboxylic acids is 1. The van der Waals surface area contributed by atoms with E-state index in [-0.39, 0.29) is 5.78 Å². The number of carbonyl (C=O) groups is 2. The summed E-state index contributed by atoms with van der Waals surface area (Å²) in [4.78, 5) is 25.2. The van der Waals surface area contributed by atoms with Crippen LogP contribution in [0.4, 0.5) is 0 Å². The lowest BCUT2D eigenvalue weighted by molar-refractivity contribution is -0.138. The van der Waals surface area contributed by atoms with Gasteiger partial charge in [-0.05, 0) is 48.7 Å². The molecule has 126 valence electrons. The molecule has 1 N–H and O–H groups in total. The molecule has 1 aromatic carbocycles. The Hall–Kier alpha value is -2.01. The number of aromatic nitrogens is 1. The van der Waals surface area contributed by atoms with Crippen molar-refractivity contribution < 1.29 is 14.7 Å². The van der Waals surface area contributed by atoms with Crippen molar-refractivity contribution in [3.63, 3.8) is 0 Å². The van der Waals surface area contributed by atoms with Crippen LogP contribution in [0.1, 0.15) is 47.9 Å². The van der Waals surface area contributed by atoms with Crippen LogP contribution in [-0.4, -0.2) is 27.2 Å². The van der Waals surface area contributed by atoms with E-state index >= 15 is 0 Å². The van der Waals surface area contributed by atoms with Crippen molar-refractivity contribution in [3.05, 3.63) is 53.3 Å². The fraction of sp³-hybridized carbons (Fsp3) is 0.368. The van der Waals surface area contributed by atoms with Crippen molar-refractivity contribution in [2.24, 2.45) is 5.92 Å². The van der Waals surface area contributed by atoms with Crippen LogP contribution in [0, 0.1) is 5.92 Å². The lowest BCUT2D eigenvalue weighted by atomic mass is 10.1. The largest absolute Gasteiger partial charge is 0.481 e. The van der Waals surface area contributed by atoms with Gasteiger partial charge in [0.1, 0.15) is 0 Å². The SMILES string of the molecule is CC(C)CSc1ccc(C(=O)c2ccc3n2CCC3C(=O)O)cc1. The summed E-state index contributed by atoms with van der Waals surface area (Å²) in [5.74, 6) is 0.309. The number of rotatable bonds is 6. The number of benzene rings is 1. The third-order valence-electron chi connectivity index (χ3n) is 4.24. The quantitative estimate of drug-likeness (QED) is 0.635. The molecular formula is C19H21NO3S. The Morgan fingerprint density at radius 3 is 2.54 bits per heavy atom. The van der Waals surface area contributed by atoms with Crippen LogP contribution in [0.25, 0.3) is 0 Å². The van der Waals surface area contributed by atoms with Gasteiger partial charge >= 0.3 is 5.97 Å². The normalized spacial score (nSPS) is 16.4. The van der Waals surface area contributed by atoms with E-state index in [2.05, 4.69) is 13.8 Å². The molecule has 0 radical (unpaired) electrons. The van der Waals surface area contributed by atoms with Gasteiger partial charge in [0.15, 0.2) is 0 Å². The van der Waals surface area contributed by atoms with Gasteiger partial charge in [-0.3, -0.25) is 9.59 Å². The number of thioether (sulfide) groups is 1. The minimum absolute atomic E-state index is 0.0484. The fourth-order valence-corrected chi connectivity index (χ4v) is 3.86. The molecule has 2 heterocycles. The Bertz CT molecular complexity index is 761. The lowest BCUT2D eigenvalue weighted by Crippen LogP contribution is -2.10. The first-order chi connectivity index (χ1) is 11.5. The molecule has 1 aliphatic heterocycles. The number of hydrogen-bond acceptors (Lipinski definition) is 3. The summed E-state index contributed by atoms with van der Waals surface area (Å²) in [6.45, 7) is 4.95. The van der Waals surface area contributed by atoms with Crippen molar-refractivity contribution in [2.75, 3.05) is 5.75 Å². The standard InChI is InChI=1S/C19H21NO3S/c1-12(2)11-24-14-5-3-13(4-6-14)18(21)17-8-7-16-15(19(22)23)9-10-20(16)17/h3-8,12,15H,9-11H2,1-2H3,(H,22,23). The molecule has 2 aromatic rings. The van der Waals surface area contributed by atoms with E-state index in [4.69, 9.17) is 0 Å². The molecule has 0 bridgehead atoms. The average molecular weight is 343 g/mol. The van der Waals surface area contributed by atoms with E-state index in [1.54, 1.807) is 23.9 Å². The van der Waals surface area contributed by atoms with Gasteiger partial charge in [0.2, 0.25) is 5.78 Å². The number of carboxylic acid groups (broad SMARTS) is 1. The highest BCUT2D eigenvalue weighted by Crippen LogP contribution is 2.31. The topological polar surface area (TPSA) is 59.3 Å². The third-order valence-corrected chi connectivity index (χ3v) is 5.68. The molecular weight excluding hydrogens is 322 g/mol. The summed E-state index contributed by atoms with van der Waals surface area (Å²) >= 11 is 1.79. The predicted octanol–water partition coefficient (Wildman–Crippen LogP) is 4.04. The zero-order valence-corrected chi connectivity index (χ0v) is 14.7. The molecule has 1 aromatic heterocycles. The molecule has 1 unspecified atom stereocenters. The second-order valence-corrected chi connectivity index (χ2v) is 7.63. The van der Waals surface area contributed by atoms with Gasteiger partial charge in [-0.2, -0.15) is 0 Å². The van der Waals surface area contributed by atoms with E-state index in [1.165, 1.54) is 0 Å². The first-order valence-electron chi connectivity index (χ1n) is 8.17. The molecule has 1 aliphatic rings. The van der Waals surface area contributed by atoms with Crippen molar-refractivity contribution in [3.8, 4) is 0 Å². The van der Waals surface area contributed by atoms with Gasteiger partial charge in [-0.15, -0.1) is 11.8 Å². The van der Waals surface area contributed by atoms with E-state index < -0.39 is 11.9 Å². The summed E-state index contributed by atoms with van der Waals surface area (Å²) in [5.41, 5.74) is 1.95. The minimum Gasteiger partial charge on any atom is -0.481 e. The van der Waals surface area contributed by atoms with Crippen molar-refractivity contribution in [2.45, 2.75) is 37.6 Å². The molecule has 3 rings (SSSR count). The number of nitrogens with zero attached hydrogens (tertiary/aromatic N) is 1. The molecule has 24 heavy (non-hydrogen) atoms. The zero-order chi connectivity index (χ0) is 17.3. The van der Waals surface area contributed by atoms with Gasteiger partial charge < -0.3 is 9.67 Å². The summed E-state index contributed by atoms with van der Waals surface area (Å²) in [7, 11) is 0. The highest BCUT2D eigenvalue weighted by atomic mass is 32.2. The molecule has 4 nitrogen and oxygen atoms in total. The van der Waals surface area contributed by atoms with Gasteiger partial charge in [-0.1, -0.05) is 13.8 Å². The molecule has 1 atom stereocenters. The highest BCUT2D eigenvalue weighted by Gasteiger charge is 2.31. The van der Waals surface area contributed by atoms with Crippen LogP contribution in [0.3, 0.4) is 0 Å². The minimum atomic E-state index is -0.822. The Morgan fingerprint density at radius 2 is 1.92 bits per heavy atom. The first kappa shape index (κ1) is 16.8. The molecule has 0 saturated carbocycles. The number of ketones is 1. The van der Waals surface area contributed by atoms with E-state index in [1.807, 2.05) is 28.8 Å². The van der Waals surface area contributed by atoms with Gasteiger partial charge in [0.25, 0.3) is 0 Å². The highest BCUT2D eigenvalue weighted by molar-refractivity contribution is 7.99. The molecule has 0 spiro atoms. The molecule has 0 aliphatic carbocycles. The Kier molecular flexibility index (Phi) is 4.81. The summed E-state index contributed by atoms with van der Waals surface area (Å²) < 4.78 is 1.85. The average Bonchev–Trinajstić information content (AvgIpc) is 3.14. The summed E-state index contributed by atoms with van der Waals surface area (Å²) in [6.07, 6.45) is 0.552. The smallest absolute Gasteiger partial charge is 0.312 e. The van der Waals surface area contributed by atoms with Crippen LogP contribution in [-0.2, 0) is 11.3 Å². The van der Waals surface area contributed by atoms with E-state index in [0.717, 1.165) is 16.3 Å². The van der Waals surface area contributed by atoms with Crippen LogP contribution in [0.5, 0.6) is 0 Å². The lowest BCUT2D eigenvalue weighted by Gasteiger charge is -2.07. The number of hydrogen-bond donors (Lipinski definition) is 1. The summed E-state index contributed by atoms with van der Waals surface area (Å²) in [5, 5.41) is 9.24. The fourth-order valence-electron chi connectivity index (χ4n) is 3.00. The van der Waals surface area contributed by atoms with Crippen LogP contribution in [0.2, 0.25) is 0 Å². The Morgan fingerprint density at radius 1 is 1.21 bits per heavy atom. The van der Waals surface area contributed by atoms with E-state index in [0.29, 0.717) is 30.1 Å². The maximum absolute atomic E-state index is 12.7. The van der Waals surface area contributed by atoms with Crippen LogP contribution in [0.15, 0.2) is 41.3 Å². The number of carbonyl (C=O) groups excluding carboxylic acids is 1. The predicted molar refractivity (Wildman–Crippen MR) is 94.9 cm³/mol. The maximum Gasteiger partial charge on any atom is 0.312 e. The van der Waals surface area contributed by atoms with Gasteiger partial charge in [-0.25, -0.2) is 0 Å². The van der Waals surface area contributed by atoms with Crippen LogP contribution < -0.4 is 0 Å². The van der Waals surface area contributed by atoms with Crippen molar-refractivity contribution >= 4 is 23.5 Å². The monoisotopic (exact) mass is 343 g/mol. The Balaban J connectivity index is 1.78. The van der Waals surface area contributed by atoms with Crippen LogP contribution >= 0.6 is 11.8 Å². The number of aliphatic carboxylic acids is 1. The second kappa shape index (κ2) is 6.85. The molecule has 0 saturated heterocycles. The summed E-state index contributed by atoms with van der Waals surface area (Å²) in [6, 6.07) is 11.2. The van der Waals surface area contributed by atoms with Gasteiger partial charge in [0.05, 0.1) is 11.6 Å². The van der Waals surface area contributed by atoms with Crippen molar-refractivity contribution in [1.82, 2.24) is 4.57 Å². The second-order valence-electron chi connectivity index (χ2n) is 6.53. The van der Waals surface area contributed by atoms with Gasteiger partial charge in [0, 0.05) is 28.5 Å². The molecule has 5 heteroatoms. The first-order valence-corrected chi connectivity index (χ1v) is 9.15. The third kappa shape index (κ3) is 3.26. The zero-order valence-electron chi connectivity index (χ0n) is 13.9. The maximum atomic E-state index is 12.7.